The summed E-state index contributed by atoms with van der Waals surface area (Å²) in [6, 6.07) is 4.18. The molecule has 9 heteroatoms. The number of halogens is 2. The maximum Gasteiger partial charge on any atom is 0.409 e. The molecule has 32 heavy (non-hydrogen) atoms. The van der Waals surface area contributed by atoms with Crippen LogP contribution in [0.15, 0.2) is 18.3 Å². The van der Waals surface area contributed by atoms with Crippen LogP contribution in [0.25, 0.3) is 0 Å². The SMILES string of the molecule is CCOC(=O)N1CC2(CCC(N3CCN(c4ncccc4OC4CC(F)(F)C4)CC3)C2)C1. The van der Waals surface area contributed by atoms with Crippen molar-refractivity contribution >= 4 is 11.9 Å². The first-order valence-electron chi connectivity index (χ1n) is 11.8. The molecule has 5 rings (SSSR count). The number of nitrogens with zero attached hydrogens (tertiary/aromatic N) is 4. The van der Waals surface area contributed by atoms with Crippen molar-refractivity contribution in [3.05, 3.63) is 18.3 Å². The minimum Gasteiger partial charge on any atom is -0.486 e. The van der Waals surface area contributed by atoms with Gasteiger partial charge in [-0.3, -0.25) is 4.90 Å². The van der Waals surface area contributed by atoms with Crippen LogP contribution in [0.3, 0.4) is 0 Å². The number of pyridine rings is 1. The van der Waals surface area contributed by atoms with Crippen LogP contribution in [0.1, 0.15) is 39.0 Å². The number of likely N-dealkylation sites (tertiary alicyclic amines) is 1. The lowest BCUT2D eigenvalue weighted by Crippen LogP contribution is -2.58. The minimum atomic E-state index is -2.59. The lowest BCUT2D eigenvalue weighted by molar-refractivity contribution is -0.134. The van der Waals surface area contributed by atoms with Crippen molar-refractivity contribution in [3.63, 3.8) is 0 Å². The Kier molecular flexibility index (Phi) is 5.63. The van der Waals surface area contributed by atoms with Crippen molar-refractivity contribution in [2.24, 2.45) is 5.41 Å². The zero-order valence-corrected chi connectivity index (χ0v) is 18.6. The summed E-state index contributed by atoms with van der Waals surface area (Å²) in [4.78, 5) is 23.0. The minimum absolute atomic E-state index is 0.186. The van der Waals surface area contributed by atoms with Gasteiger partial charge in [-0.05, 0) is 38.3 Å². The number of anilines is 1. The van der Waals surface area contributed by atoms with Crippen LogP contribution in [0.2, 0.25) is 0 Å². The largest absolute Gasteiger partial charge is 0.486 e. The van der Waals surface area contributed by atoms with Crippen LogP contribution >= 0.6 is 0 Å². The van der Waals surface area contributed by atoms with Crippen molar-refractivity contribution in [2.75, 3.05) is 50.8 Å². The number of carbonyl (C=O) groups is 1. The predicted octanol–water partition coefficient (Wildman–Crippen LogP) is 3.39. The molecule has 176 valence electrons. The number of piperazine rings is 1. The number of alkyl halides is 2. The average Bonchev–Trinajstić information content (AvgIpc) is 3.18. The normalized spacial score (nSPS) is 27.2. The van der Waals surface area contributed by atoms with E-state index < -0.39 is 12.0 Å². The van der Waals surface area contributed by atoms with E-state index in [1.165, 1.54) is 6.42 Å². The molecule has 2 aliphatic carbocycles. The highest BCUT2D eigenvalue weighted by Crippen LogP contribution is 2.47. The first kappa shape index (κ1) is 21.7. The third-order valence-corrected chi connectivity index (χ3v) is 7.48. The number of rotatable bonds is 5. The van der Waals surface area contributed by atoms with Crippen LogP contribution in [0.4, 0.5) is 19.4 Å². The van der Waals surface area contributed by atoms with Crippen LogP contribution in [-0.2, 0) is 4.74 Å². The van der Waals surface area contributed by atoms with Crippen LogP contribution in [0, 0.1) is 5.41 Å². The van der Waals surface area contributed by atoms with Gasteiger partial charge >= 0.3 is 6.09 Å². The number of hydrogen-bond donors (Lipinski definition) is 0. The van der Waals surface area contributed by atoms with E-state index >= 15 is 0 Å². The molecule has 0 N–H and O–H groups in total. The molecule has 0 bridgehead atoms. The Hall–Kier alpha value is -2.16. The molecule has 1 aromatic heterocycles. The third kappa shape index (κ3) is 4.23. The van der Waals surface area contributed by atoms with E-state index in [-0.39, 0.29) is 24.3 Å². The fourth-order valence-corrected chi connectivity index (χ4v) is 5.76. The highest BCUT2D eigenvalue weighted by Gasteiger charge is 2.51. The van der Waals surface area contributed by atoms with Gasteiger partial charge in [-0.15, -0.1) is 0 Å². The van der Waals surface area contributed by atoms with Crippen molar-refractivity contribution in [2.45, 2.75) is 57.1 Å². The fraction of sp³-hybridized carbons (Fsp3) is 0.739. The zero-order valence-electron chi connectivity index (χ0n) is 18.6. The maximum atomic E-state index is 13.2. The monoisotopic (exact) mass is 450 g/mol. The number of aromatic nitrogens is 1. The summed E-state index contributed by atoms with van der Waals surface area (Å²) in [6.45, 7) is 7.46. The van der Waals surface area contributed by atoms with Crippen molar-refractivity contribution in [1.82, 2.24) is 14.8 Å². The van der Waals surface area contributed by atoms with E-state index in [0.717, 1.165) is 57.9 Å². The van der Waals surface area contributed by atoms with Crippen molar-refractivity contribution in [3.8, 4) is 5.75 Å². The molecule has 7 nitrogen and oxygen atoms in total. The van der Waals surface area contributed by atoms with E-state index in [2.05, 4.69) is 14.8 Å². The molecule has 1 spiro atoms. The Bertz CT molecular complexity index is 832. The number of amides is 1. The van der Waals surface area contributed by atoms with E-state index in [0.29, 0.717) is 18.4 Å². The van der Waals surface area contributed by atoms with E-state index in [1.807, 2.05) is 17.9 Å². The van der Waals surface area contributed by atoms with E-state index in [9.17, 15) is 13.6 Å². The summed E-state index contributed by atoms with van der Waals surface area (Å²) < 4.78 is 37.3. The van der Waals surface area contributed by atoms with Crippen LogP contribution in [-0.4, -0.2) is 84.8 Å². The molecular formula is C23H32F2N4O3. The molecule has 1 aromatic rings. The van der Waals surface area contributed by atoms with Gasteiger partial charge in [0.15, 0.2) is 11.6 Å². The molecule has 4 aliphatic rings. The lowest BCUT2D eigenvalue weighted by Gasteiger charge is -2.48. The Morgan fingerprint density at radius 3 is 2.62 bits per heavy atom. The first-order chi connectivity index (χ1) is 15.4. The van der Waals surface area contributed by atoms with Gasteiger partial charge in [-0.25, -0.2) is 18.6 Å². The fourth-order valence-electron chi connectivity index (χ4n) is 5.76. The van der Waals surface area contributed by atoms with Crippen molar-refractivity contribution < 1.29 is 23.0 Å². The lowest BCUT2D eigenvalue weighted by atomic mass is 9.78. The molecule has 2 saturated carbocycles. The number of carbonyl (C=O) groups excluding carboxylic acids is 1. The summed E-state index contributed by atoms with van der Waals surface area (Å²) in [7, 11) is 0. The van der Waals surface area contributed by atoms with Gasteiger partial charge in [0, 0.05) is 69.8 Å². The molecule has 1 unspecified atom stereocenters. The summed E-state index contributed by atoms with van der Waals surface area (Å²) in [5, 5.41) is 0. The Balaban J connectivity index is 1.12. The summed E-state index contributed by atoms with van der Waals surface area (Å²) in [5.41, 5.74) is 0.265. The zero-order chi connectivity index (χ0) is 22.3. The Labute approximate surface area is 187 Å². The molecule has 4 fully saturated rings. The van der Waals surface area contributed by atoms with Gasteiger partial charge in [0.25, 0.3) is 5.92 Å². The summed E-state index contributed by atoms with van der Waals surface area (Å²) in [5.74, 6) is -1.23. The van der Waals surface area contributed by atoms with Gasteiger partial charge in [0.2, 0.25) is 0 Å². The highest BCUT2D eigenvalue weighted by atomic mass is 19.3. The van der Waals surface area contributed by atoms with Gasteiger partial charge in [0.05, 0.1) is 6.61 Å². The Morgan fingerprint density at radius 1 is 1.19 bits per heavy atom. The Morgan fingerprint density at radius 2 is 1.94 bits per heavy atom. The maximum absolute atomic E-state index is 13.2. The molecule has 2 saturated heterocycles. The molecule has 1 amide bonds. The molecule has 3 heterocycles. The van der Waals surface area contributed by atoms with Gasteiger partial charge in [-0.1, -0.05) is 0 Å². The first-order valence-corrected chi connectivity index (χ1v) is 11.8. The number of ether oxygens (including phenoxy) is 2. The van der Waals surface area contributed by atoms with Crippen LogP contribution in [0.5, 0.6) is 5.75 Å². The quantitative estimate of drug-likeness (QED) is 0.686. The van der Waals surface area contributed by atoms with Gasteiger partial charge in [-0.2, -0.15) is 0 Å². The van der Waals surface area contributed by atoms with Gasteiger partial charge < -0.3 is 19.3 Å². The second kappa shape index (κ2) is 8.32. The second-order valence-electron chi connectivity index (χ2n) is 9.80. The van der Waals surface area contributed by atoms with E-state index in [1.54, 1.807) is 12.3 Å². The molecule has 1 atom stereocenters. The second-order valence-corrected chi connectivity index (χ2v) is 9.80. The summed E-state index contributed by atoms with van der Waals surface area (Å²) >= 11 is 0. The van der Waals surface area contributed by atoms with Crippen LogP contribution < -0.4 is 9.64 Å². The molecule has 0 radical (unpaired) electrons. The molecular weight excluding hydrogens is 418 g/mol. The highest BCUT2D eigenvalue weighted by molar-refractivity contribution is 5.69. The predicted molar refractivity (Wildman–Crippen MR) is 115 cm³/mol. The van der Waals surface area contributed by atoms with E-state index in [4.69, 9.17) is 9.47 Å². The molecule has 0 aromatic carbocycles. The molecule has 2 aliphatic heterocycles. The number of hydrogen-bond acceptors (Lipinski definition) is 6. The smallest absolute Gasteiger partial charge is 0.409 e. The topological polar surface area (TPSA) is 58.1 Å². The van der Waals surface area contributed by atoms with Gasteiger partial charge in [0.1, 0.15) is 6.10 Å². The summed E-state index contributed by atoms with van der Waals surface area (Å²) in [6.07, 6.45) is 4.16. The van der Waals surface area contributed by atoms with Crippen molar-refractivity contribution in [1.29, 1.82) is 0 Å². The third-order valence-electron chi connectivity index (χ3n) is 7.48. The standard InChI is InChI=1S/C23H32F2N4O3/c1-2-31-21(30)29-15-22(16-29)6-5-17(12-22)27-8-10-28(11-9-27)20-19(4-3-7-26-20)32-18-13-23(24,25)14-18/h3-4,7,17-18H,2,5-6,8-16H2,1H3. The average molecular weight is 451 g/mol.